The Morgan fingerprint density at radius 2 is 1.67 bits per heavy atom. The smallest absolute Gasteiger partial charge is 0.246 e. The molecule has 43 heavy (non-hydrogen) atoms. The van der Waals surface area contributed by atoms with Crippen LogP contribution in [0.15, 0.2) is 36.4 Å². The lowest BCUT2D eigenvalue weighted by atomic mass is 9.74. The summed E-state index contributed by atoms with van der Waals surface area (Å²) in [5, 5.41) is 6.34. The van der Waals surface area contributed by atoms with E-state index in [9.17, 15) is 14.4 Å². The third-order valence-electron chi connectivity index (χ3n) is 10.5. The number of anilines is 1. The van der Waals surface area contributed by atoms with E-state index in [4.69, 9.17) is 4.74 Å². The quantitative estimate of drug-likeness (QED) is 0.406. The van der Waals surface area contributed by atoms with Crippen LogP contribution in [0.5, 0.6) is 0 Å². The van der Waals surface area contributed by atoms with Gasteiger partial charge in [0.25, 0.3) is 0 Å². The fourth-order valence-electron chi connectivity index (χ4n) is 8.01. The Morgan fingerprint density at radius 1 is 0.977 bits per heavy atom. The molecule has 6 rings (SSSR count). The molecule has 1 saturated carbocycles. The molecule has 234 valence electrons. The molecule has 3 saturated heterocycles. The van der Waals surface area contributed by atoms with Crippen molar-refractivity contribution in [1.29, 1.82) is 0 Å². The first-order chi connectivity index (χ1) is 20.8. The molecule has 0 aromatic heterocycles. The van der Waals surface area contributed by atoms with Gasteiger partial charge < -0.3 is 30.1 Å². The number of hydrogen-bond acceptors (Lipinski definition) is 6. The molecule has 9 heteroatoms. The molecule has 4 aliphatic heterocycles. The number of fused-ring (bicyclic) bond motifs is 1. The number of amides is 3. The second kappa shape index (κ2) is 12.7. The molecule has 1 aliphatic carbocycles. The van der Waals surface area contributed by atoms with Gasteiger partial charge in [-0.3, -0.25) is 14.4 Å². The van der Waals surface area contributed by atoms with Gasteiger partial charge in [-0.25, -0.2) is 0 Å². The van der Waals surface area contributed by atoms with Crippen LogP contribution in [0.1, 0.15) is 70.8 Å². The van der Waals surface area contributed by atoms with Gasteiger partial charge in [-0.15, -0.1) is 0 Å². The molecule has 1 aromatic carbocycles. The molecule has 2 bridgehead atoms. The molecule has 5 unspecified atom stereocenters. The number of carbonyl (C=O) groups excluding carboxylic acids is 3. The third-order valence-corrected chi connectivity index (χ3v) is 10.5. The van der Waals surface area contributed by atoms with Crippen LogP contribution in [0, 0.1) is 11.8 Å². The Kier molecular flexibility index (Phi) is 8.94. The highest BCUT2D eigenvalue weighted by atomic mass is 16.5. The van der Waals surface area contributed by atoms with E-state index < -0.39 is 29.6 Å². The number of carbonyl (C=O) groups is 3. The van der Waals surface area contributed by atoms with Gasteiger partial charge in [-0.05, 0) is 56.0 Å². The number of rotatable bonds is 10. The zero-order chi connectivity index (χ0) is 30.1. The summed E-state index contributed by atoms with van der Waals surface area (Å²) < 4.78 is 6.54. The summed E-state index contributed by atoms with van der Waals surface area (Å²) in [6.07, 6.45) is 9.41. The number of piperazine rings is 1. The predicted molar refractivity (Wildman–Crippen MR) is 167 cm³/mol. The first-order valence-corrected chi connectivity index (χ1v) is 16.6. The Bertz CT molecular complexity index is 1200. The maximum Gasteiger partial charge on any atom is 0.246 e. The van der Waals surface area contributed by atoms with Crippen molar-refractivity contribution in [2.45, 2.75) is 89.0 Å². The van der Waals surface area contributed by atoms with E-state index in [1.54, 1.807) is 4.90 Å². The normalized spacial score (nSPS) is 31.2. The molecule has 9 nitrogen and oxygen atoms in total. The lowest BCUT2D eigenvalue weighted by Crippen LogP contribution is -2.56. The van der Waals surface area contributed by atoms with Gasteiger partial charge >= 0.3 is 0 Å². The summed E-state index contributed by atoms with van der Waals surface area (Å²) in [6, 6.07) is 7.23. The highest BCUT2D eigenvalue weighted by molar-refractivity contribution is 6.02. The van der Waals surface area contributed by atoms with Crippen molar-refractivity contribution in [2.75, 3.05) is 51.1 Å². The van der Waals surface area contributed by atoms with E-state index in [1.165, 1.54) is 12.0 Å². The average Bonchev–Trinajstić information content (AvgIpc) is 3.65. The topological polar surface area (TPSA) is 94.2 Å². The first kappa shape index (κ1) is 30.3. The van der Waals surface area contributed by atoms with Crippen LogP contribution < -0.4 is 10.6 Å². The Labute approximate surface area is 256 Å². The van der Waals surface area contributed by atoms with Crippen LogP contribution in [-0.4, -0.2) is 102 Å². The summed E-state index contributed by atoms with van der Waals surface area (Å²) in [5.74, 6) is -1.51. The summed E-state index contributed by atoms with van der Waals surface area (Å²) in [4.78, 5) is 48.7. The first-order valence-electron chi connectivity index (χ1n) is 16.6. The number of likely N-dealkylation sites (tertiary alicyclic amines) is 1. The van der Waals surface area contributed by atoms with E-state index >= 15 is 0 Å². The zero-order valence-corrected chi connectivity index (χ0v) is 26.1. The highest BCUT2D eigenvalue weighted by Gasteiger charge is 2.72. The molecule has 3 amide bonds. The molecule has 5 aliphatic rings. The van der Waals surface area contributed by atoms with Crippen molar-refractivity contribution in [3.8, 4) is 0 Å². The largest absolute Gasteiger partial charge is 0.359 e. The number of benzene rings is 1. The van der Waals surface area contributed by atoms with E-state index in [0.717, 1.165) is 71.4 Å². The standard InChI is InChI=1S/C34H49N5O4/c1-4-37-19-21-38(22-20-37)17-8-18-39-30(32(41)36-25-9-6-5-7-10-25)34-16-15-27(43-34)28(29(34)33(39)42)31(40)35-26-13-11-24(12-14-26)23(2)3/h11-16,23,25,27-30H,4-10,17-22H2,1-3H3,(H,35,40)(H,36,41). The van der Waals surface area contributed by atoms with Crippen LogP contribution in [-0.2, 0) is 19.1 Å². The van der Waals surface area contributed by atoms with Crippen LogP contribution in [0.3, 0.4) is 0 Å². The van der Waals surface area contributed by atoms with Crippen LogP contribution in [0.4, 0.5) is 5.69 Å². The minimum Gasteiger partial charge on any atom is -0.359 e. The van der Waals surface area contributed by atoms with Crippen LogP contribution in [0.25, 0.3) is 0 Å². The predicted octanol–water partition coefficient (Wildman–Crippen LogP) is 3.38. The maximum absolute atomic E-state index is 14.3. The summed E-state index contributed by atoms with van der Waals surface area (Å²) in [6.45, 7) is 13.1. The highest BCUT2D eigenvalue weighted by Crippen LogP contribution is 2.55. The minimum atomic E-state index is -1.11. The fourth-order valence-corrected chi connectivity index (χ4v) is 8.01. The van der Waals surface area contributed by atoms with Crippen molar-refractivity contribution in [1.82, 2.24) is 20.0 Å². The second-order valence-electron chi connectivity index (χ2n) is 13.5. The second-order valence-corrected chi connectivity index (χ2v) is 13.5. The number of hydrogen-bond donors (Lipinski definition) is 2. The van der Waals surface area contributed by atoms with E-state index in [0.29, 0.717) is 18.2 Å². The Morgan fingerprint density at radius 3 is 2.35 bits per heavy atom. The fraction of sp³-hybridized carbons (Fsp3) is 0.676. The Balaban J connectivity index is 1.20. The average molecular weight is 592 g/mol. The van der Waals surface area contributed by atoms with Gasteiger partial charge in [0.15, 0.2) is 0 Å². The van der Waals surface area contributed by atoms with Gasteiger partial charge in [0.1, 0.15) is 11.6 Å². The molecule has 1 spiro atoms. The van der Waals surface area contributed by atoms with Crippen molar-refractivity contribution >= 4 is 23.4 Å². The summed E-state index contributed by atoms with van der Waals surface area (Å²) in [7, 11) is 0. The van der Waals surface area contributed by atoms with E-state index in [2.05, 4.69) is 41.2 Å². The van der Waals surface area contributed by atoms with Gasteiger partial charge in [0.05, 0.1) is 17.9 Å². The van der Waals surface area contributed by atoms with Crippen molar-refractivity contribution in [3.05, 3.63) is 42.0 Å². The zero-order valence-electron chi connectivity index (χ0n) is 26.1. The van der Waals surface area contributed by atoms with Crippen molar-refractivity contribution < 1.29 is 19.1 Å². The van der Waals surface area contributed by atoms with Crippen LogP contribution in [0.2, 0.25) is 0 Å². The number of nitrogens with one attached hydrogen (secondary N) is 2. The molecule has 5 atom stereocenters. The van der Waals surface area contributed by atoms with Gasteiger partial charge in [-0.2, -0.15) is 0 Å². The monoisotopic (exact) mass is 591 g/mol. The molecular formula is C34H49N5O4. The van der Waals surface area contributed by atoms with Gasteiger partial charge in [0, 0.05) is 44.5 Å². The summed E-state index contributed by atoms with van der Waals surface area (Å²) >= 11 is 0. The SMILES string of the molecule is CCN1CCN(CCCN2C(=O)C3C(C(=O)Nc4ccc(C(C)C)cc4)C4C=CC3(O4)C2C(=O)NC2CCCCC2)CC1. The van der Waals surface area contributed by atoms with Crippen LogP contribution >= 0.6 is 0 Å². The van der Waals surface area contributed by atoms with Gasteiger partial charge in [0.2, 0.25) is 17.7 Å². The van der Waals surface area contributed by atoms with Crippen molar-refractivity contribution in [2.24, 2.45) is 11.8 Å². The van der Waals surface area contributed by atoms with Gasteiger partial charge in [-0.1, -0.05) is 64.3 Å². The van der Waals surface area contributed by atoms with E-state index in [1.807, 2.05) is 36.4 Å². The summed E-state index contributed by atoms with van der Waals surface area (Å²) in [5.41, 5.74) is 0.785. The third kappa shape index (κ3) is 5.88. The molecule has 2 N–H and O–H groups in total. The molecular weight excluding hydrogens is 542 g/mol. The molecule has 4 heterocycles. The molecule has 4 fully saturated rings. The maximum atomic E-state index is 14.3. The Hall–Kier alpha value is -2.75. The molecule has 1 aromatic rings. The lowest BCUT2D eigenvalue weighted by Gasteiger charge is -2.36. The van der Waals surface area contributed by atoms with E-state index in [-0.39, 0.29) is 23.8 Å². The number of ether oxygens (including phenoxy) is 1. The number of nitrogens with zero attached hydrogens (tertiary/aromatic N) is 3. The van der Waals surface area contributed by atoms with Crippen molar-refractivity contribution in [3.63, 3.8) is 0 Å². The molecule has 0 radical (unpaired) electrons. The minimum absolute atomic E-state index is 0.124. The number of likely N-dealkylation sites (N-methyl/N-ethyl adjacent to an activating group) is 1. The lowest BCUT2D eigenvalue weighted by molar-refractivity contribution is -0.141.